The number of esters is 2. The number of phosphoric acid groups is 1. The maximum absolute atomic E-state index is 12.8. The number of carbonyl (C=O) groups is 2. The molecule has 0 heterocycles. The summed E-state index contributed by atoms with van der Waals surface area (Å²) in [5.41, 5.74) is 5.41. The molecule has 0 aliphatic rings. The highest BCUT2D eigenvalue weighted by Gasteiger charge is 2.26. The zero-order valence-electron chi connectivity index (χ0n) is 58.0. The molecule has 0 rings (SSSR count). The smallest absolute Gasteiger partial charge is 0.462 e. The van der Waals surface area contributed by atoms with Crippen molar-refractivity contribution in [2.24, 2.45) is 5.73 Å². The van der Waals surface area contributed by atoms with Gasteiger partial charge < -0.3 is 20.1 Å². The van der Waals surface area contributed by atoms with E-state index in [0.717, 1.165) is 141 Å². The molecule has 0 aliphatic carbocycles. The third kappa shape index (κ3) is 74.3. The Balaban J connectivity index is 3.92. The minimum Gasteiger partial charge on any atom is -0.462 e. The molecule has 0 fully saturated rings. The lowest BCUT2D eigenvalue weighted by molar-refractivity contribution is -0.161. The van der Waals surface area contributed by atoms with E-state index in [9.17, 15) is 19.0 Å². The van der Waals surface area contributed by atoms with Crippen molar-refractivity contribution in [1.29, 1.82) is 0 Å². The van der Waals surface area contributed by atoms with Crippen LogP contribution in [0.2, 0.25) is 0 Å². The van der Waals surface area contributed by atoms with Crippen molar-refractivity contribution in [3.8, 4) is 0 Å². The number of allylic oxidation sites excluding steroid dienone is 28. The highest BCUT2D eigenvalue weighted by atomic mass is 31.2. The Bertz CT molecular complexity index is 2100. The molecule has 9 nitrogen and oxygen atoms in total. The molecule has 0 spiro atoms. The van der Waals surface area contributed by atoms with E-state index in [-0.39, 0.29) is 38.6 Å². The van der Waals surface area contributed by atoms with Gasteiger partial charge in [0.05, 0.1) is 13.2 Å². The van der Waals surface area contributed by atoms with Gasteiger partial charge in [-0.05, 0) is 128 Å². The molecule has 3 N–H and O–H groups in total. The number of nitrogens with two attached hydrogens (primary N) is 1. The van der Waals surface area contributed by atoms with E-state index >= 15 is 0 Å². The molecule has 0 bridgehead atoms. The Morgan fingerprint density at radius 3 is 0.846 bits per heavy atom. The number of unbranched alkanes of at least 4 members (excludes halogenated alkanes) is 26. The minimum atomic E-state index is -4.41. The first-order chi connectivity index (χ1) is 44.8. The normalized spacial score (nSPS) is 13.9. The molecule has 0 amide bonds. The van der Waals surface area contributed by atoms with Gasteiger partial charge in [0, 0.05) is 19.4 Å². The van der Waals surface area contributed by atoms with E-state index in [4.69, 9.17) is 24.3 Å². The quantitative estimate of drug-likeness (QED) is 0.0264. The Hall–Kier alpha value is -4.63. The highest BCUT2D eigenvalue weighted by Crippen LogP contribution is 2.43. The van der Waals surface area contributed by atoms with Crippen LogP contribution in [-0.2, 0) is 32.7 Å². The average molecular weight is 1280 g/mol. The lowest BCUT2D eigenvalue weighted by Gasteiger charge is -2.19. The first-order valence-corrected chi connectivity index (χ1v) is 38.1. The fraction of sp³-hybridized carbons (Fsp3) is 0.630. The Kier molecular flexibility index (Phi) is 70.6. The summed E-state index contributed by atoms with van der Waals surface area (Å²) in [6, 6.07) is 0. The van der Waals surface area contributed by atoms with Crippen LogP contribution in [-0.4, -0.2) is 49.3 Å². The van der Waals surface area contributed by atoms with Crippen LogP contribution in [0.25, 0.3) is 0 Å². The van der Waals surface area contributed by atoms with Gasteiger partial charge in [0.1, 0.15) is 6.61 Å². The third-order valence-corrected chi connectivity index (χ3v) is 16.1. The van der Waals surface area contributed by atoms with Crippen molar-refractivity contribution in [2.75, 3.05) is 26.4 Å². The number of carbonyl (C=O) groups excluding carboxylic acids is 2. The molecule has 0 saturated carbocycles. The largest absolute Gasteiger partial charge is 0.472 e. The predicted octanol–water partition coefficient (Wildman–Crippen LogP) is 24.5. The molecule has 516 valence electrons. The lowest BCUT2D eigenvalue weighted by atomic mass is 10.0. The van der Waals surface area contributed by atoms with Crippen molar-refractivity contribution < 1.29 is 37.6 Å². The number of hydrogen-bond acceptors (Lipinski definition) is 8. The number of rotatable bonds is 67. The zero-order valence-corrected chi connectivity index (χ0v) is 58.9. The first kappa shape index (κ1) is 86.4. The maximum Gasteiger partial charge on any atom is 0.472 e. The monoisotopic (exact) mass is 1280 g/mol. The zero-order chi connectivity index (χ0) is 65.8. The van der Waals surface area contributed by atoms with E-state index in [0.29, 0.717) is 6.42 Å². The van der Waals surface area contributed by atoms with Gasteiger partial charge in [-0.1, -0.05) is 325 Å². The van der Waals surface area contributed by atoms with Gasteiger partial charge in [0.15, 0.2) is 6.10 Å². The average Bonchev–Trinajstić information content (AvgIpc) is 3.74. The Morgan fingerprint density at radius 2 is 0.571 bits per heavy atom. The SMILES string of the molecule is CC/C=C\C/C=C\C/C=C\C/C=C\C/C=C\C/C=C\C/C=C\CCCCCCCCCCCCCCCCCC(=O)OC(COC(=O)CCCCCCCCCCCCC/C=C\C/C=C\C/C=C\C/C=C\C/C=C\C/C=C\C/C=C\CC)COP(=O)(O)OCCN. The molecule has 2 atom stereocenters. The van der Waals surface area contributed by atoms with Gasteiger partial charge in [-0.3, -0.25) is 18.6 Å². The summed E-state index contributed by atoms with van der Waals surface area (Å²) in [4.78, 5) is 35.4. The molecule has 91 heavy (non-hydrogen) atoms. The summed E-state index contributed by atoms with van der Waals surface area (Å²) in [5, 5.41) is 0. The fourth-order valence-corrected chi connectivity index (χ4v) is 10.5. The topological polar surface area (TPSA) is 134 Å². The number of hydrogen-bond donors (Lipinski definition) is 2. The van der Waals surface area contributed by atoms with Crippen LogP contribution in [0.3, 0.4) is 0 Å². The second kappa shape index (κ2) is 74.4. The van der Waals surface area contributed by atoms with Crippen LogP contribution in [0.1, 0.15) is 296 Å². The van der Waals surface area contributed by atoms with Crippen LogP contribution < -0.4 is 5.73 Å². The second-order valence-electron chi connectivity index (χ2n) is 23.7. The summed E-state index contributed by atoms with van der Waals surface area (Å²) in [6.07, 6.45) is 110. The summed E-state index contributed by atoms with van der Waals surface area (Å²) in [5.74, 6) is -0.834. The van der Waals surface area contributed by atoms with E-state index in [2.05, 4.69) is 184 Å². The van der Waals surface area contributed by atoms with Gasteiger partial charge in [-0.15, -0.1) is 0 Å². The second-order valence-corrected chi connectivity index (χ2v) is 25.1. The molecule has 2 unspecified atom stereocenters. The first-order valence-electron chi connectivity index (χ1n) is 36.6. The van der Waals surface area contributed by atoms with Crippen LogP contribution in [0.4, 0.5) is 0 Å². The number of ether oxygens (including phenoxy) is 2. The van der Waals surface area contributed by atoms with Gasteiger partial charge in [0.2, 0.25) is 0 Å². The molecule has 0 aromatic heterocycles. The van der Waals surface area contributed by atoms with Gasteiger partial charge in [-0.2, -0.15) is 0 Å². The van der Waals surface area contributed by atoms with Crippen molar-refractivity contribution in [1.82, 2.24) is 0 Å². The van der Waals surface area contributed by atoms with Crippen LogP contribution in [0.5, 0.6) is 0 Å². The van der Waals surface area contributed by atoms with Crippen LogP contribution in [0, 0.1) is 0 Å². The molecular weight excluding hydrogens is 1150 g/mol. The fourth-order valence-electron chi connectivity index (χ4n) is 9.78. The van der Waals surface area contributed by atoms with Crippen LogP contribution in [0.15, 0.2) is 170 Å². The summed E-state index contributed by atoms with van der Waals surface area (Å²) in [7, 11) is -4.41. The molecule has 0 radical (unpaired) electrons. The standard InChI is InChI=1S/C81H134NO8P/c1-3-5-7-9-11-13-15-17-19-21-23-25-27-29-31-33-35-37-38-39-40-42-44-46-48-50-52-54-56-58-60-62-64-66-68-70-72-74-81(84)90-79(78-89-91(85,86)88-76-75-82)77-87-80(83)73-71-69-67-65-63-61-59-57-55-53-51-49-47-45-43-41-36-34-32-30-28-26-24-22-20-18-16-14-12-10-8-6-4-2/h5-8,11-14,17-20,23-26,29-32,35-37,39-41,45,47,79H,3-4,9-10,15-16,21-22,27-28,33-34,38,42-44,46,48-78,82H2,1-2H3,(H,85,86)/b7-5-,8-6-,13-11-,14-12-,19-17-,20-18-,25-23-,26-24-,31-29-,32-30-,37-35-,40-39-,41-36-,47-45-. The van der Waals surface area contributed by atoms with Gasteiger partial charge in [-0.25, -0.2) is 4.57 Å². The lowest BCUT2D eigenvalue weighted by Crippen LogP contribution is -2.29. The van der Waals surface area contributed by atoms with Gasteiger partial charge in [0.25, 0.3) is 0 Å². The molecule has 0 aromatic carbocycles. The van der Waals surface area contributed by atoms with E-state index in [1.165, 1.54) is 122 Å². The van der Waals surface area contributed by atoms with Gasteiger partial charge >= 0.3 is 19.8 Å². The molecule has 10 heteroatoms. The molecule has 0 saturated heterocycles. The summed E-state index contributed by atoms with van der Waals surface area (Å²) < 4.78 is 33.2. The molecular formula is C81H134NO8P. The van der Waals surface area contributed by atoms with Crippen molar-refractivity contribution in [3.63, 3.8) is 0 Å². The van der Waals surface area contributed by atoms with E-state index in [1.54, 1.807) is 0 Å². The maximum atomic E-state index is 12.8. The Morgan fingerprint density at radius 1 is 0.330 bits per heavy atom. The highest BCUT2D eigenvalue weighted by molar-refractivity contribution is 7.47. The molecule has 0 aliphatic heterocycles. The minimum absolute atomic E-state index is 0.0464. The van der Waals surface area contributed by atoms with Crippen LogP contribution >= 0.6 is 7.82 Å². The van der Waals surface area contributed by atoms with Crippen molar-refractivity contribution >= 4 is 19.8 Å². The summed E-state index contributed by atoms with van der Waals surface area (Å²) in [6.45, 7) is 3.52. The summed E-state index contributed by atoms with van der Waals surface area (Å²) >= 11 is 0. The van der Waals surface area contributed by atoms with E-state index < -0.39 is 26.5 Å². The van der Waals surface area contributed by atoms with Crippen molar-refractivity contribution in [2.45, 2.75) is 302 Å². The third-order valence-electron chi connectivity index (χ3n) is 15.1. The van der Waals surface area contributed by atoms with Crippen molar-refractivity contribution in [3.05, 3.63) is 170 Å². The van der Waals surface area contributed by atoms with E-state index in [1.807, 2.05) is 0 Å². The molecule has 0 aromatic rings. The predicted molar refractivity (Wildman–Crippen MR) is 394 cm³/mol. The Labute approximate surface area is 559 Å². The number of phosphoric ester groups is 1.